The molecule has 0 aromatic heterocycles. The molecule has 0 spiro atoms. The first-order valence-corrected chi connectivity index (χ1v) is 9.95. The van der Waals surface area contributed by atoms with Gasteiger partial charge in [0.15, 0.2) is 0 Å². The predicted molar refractivity (Wildman–Crippen MR) is 113 cm³/mol. The zero-order valence-corrected chi connectivity index (χ0v) is 17.4. The van der Waals surface area contributed by atoms with Crippen molar-refractivity contribution >= 4 is 17.8 Å². The molecule has 2 N–H and O–H groups in total. The topological polar surface area (TPSA) is 93.7 Å². The van der Waals surface area contributed by atoms with Crippen molar-refractivity contribution in [3.8, 4) is 5.75 Å². The maximum absolute atomic E-state index is 12.1. The van der Waals surface area contributed by atoms with Gasteiger partial charge in [-0.15, -0.1) is 0 Å². The largest absolute Gasteiger partial charge is 0.493 e. The molecular weight excluding hydrogens is 384 g/mol. The summed E-state index contributed by atoms with van der Waals surface area (Å²) in [4.78, 5) is 35.6. The molecule has 7 nitrogen and oxygen atoms in total. The second kappa shape index (κ2) is 12.3. The summed E-state index contributed by atoms with van der Waals surface area (Å²) in [7, 11) is 0. The van der Waals surface area contributed by atoms with Gasteiger partial charge in [0.25, 0.3) is 5.91 Å². The van der Waals surface area contributed by atoms with Gasteiger partial charge in [-0.2, -0.15) is 0 Å². The molecule has 0 atom stereocenters. The van der Waals surface area contributed by atoms with Crippen molar-refractivity contribution < 1.29 is 23.9 Å². The van der Waals surface area contributed by atoms with Crippen LogP contribution < -0.4 is 15.6 Å². The number of benzene rings is 2. The second-order valence-corrected chi connectivity index (χ2v) is 7.19. The Labute approximate surface area is 176 Å². The fourth-order valence-corrected chi connectivity index (χ4v) is 2.44. The van der Waals surface area contributed by atoms with Crippen LogP contribution in [-0.4, -0.2) is 31.0 Å². The number of carbonyl (C=O) groups is 3. The number of rotatable bonds is 10. The zero-order chi connectivity index (χ0) is 21.8. The number of esters is 1. The van der Waals surface area contributed by atoms with Crippen LogP contribution in [0, 0.1) is 5.92 Å². The lowest BCUT2D eigenvalue weighted by molar-refractivity contribution is -0.144. The average molecular weight is 412 g/mol. The Kier molecular flexibility index (Phi) is 9.37. The Balaban J connectivity index is 1.62. The molecule has 0 heterocycles. The monoisotopic (exact) mass is 412 g/mol. The molecule has 0 saturated heterocycles. The minimum absolute atomic E-state index is 0.0572. The summed E-state index contributed by atoms with van der Waals surface area (Å²) in [5.74, 6) is -0.298. The minimum atomic E-state index is -0.472. The minimum Gasteiger partial charge on any atom is -0.493 e. The summed E-state index contributed by atoms with van der Waals surface area (Å²) in [6.45, 7) is 4.96. The maximum Gasteiger partial charge on any atom is 0.306 e. The van der Waals surface area contributed by atoms with Gasteiger partial charge in [0, 0.05) is 18.4 Å². The number of amides is 2. The average Bonchev–Trinajstić information content (AvgIpc) is 2.75. The van der Waals surface area contributed by atoms with E-state index in [1.807, 2.05) is 30.3 Å². The van der Waals surface area contributed by atoms with Crippen LogP contribution in [0.5, 0.6) is 5.75 Å². The predicted octanol–water partition coefficient (Wildman–Crippen LogP) is 3.05. The maximum atomic E-state index is 12.1. The highest BCUT2D eigenvalue weighted by atomic mass is 16.5. The van der Waals surface area contributed by atoms with Gasteiger partial charge in [0.2, 0.25) is 5.91 Å². The standard InChI is InChI=1S/C23H28N2O5/c1-17(2)16-30-20-10-8-19(9-11-20)23(28)25-24-21(26)12-13-22(27)29-15-14-18-6-4-3-5-7-18/h3-11,17H,12-16H2,1-2H3,(H,24,26)(H,25,28). The molecule has 0 radical (unpaired) electrons. The van der Waals surface area contributed by atoms with Crippen LogP contribution in [0.1, 0.15) is 42.6 Å². The fraction of sp³-hybridized carbons (Fsp3) is 0.348. The Bertz CT molecular complexity index is 819. The van der Waals surface area contributed by atoms with E-state index in [0.29, 0.717) is 30.3 Å². The first-order valence-electron chi connectivity index (χ1n) is 9.95. The van der Waals surface area contributed by atoms with E-state index in [2.05, 4.69) is 24.7 Å². The molecule has 0 bridgehead atoms. The molecule has 160 valence electrons. The van der Waals surface area contributed by atoms with Gasteiger partial charge in [-0.3, -0.25) is 25.2 Å². The lowest BCUT2D eigenvalue weighted by Crippen LogP contribution is -2.41. The van der Waals surface area contributed by atoms with Crippen molar-refractivity contribution in [2.75, 3.05) is 13.2 Å². The Hall–Kier alpha value is -3.35. The number of carbonyl (C=O) groups excluding carboxylic acids is 3. The lowest BCUT2D eigenvalue weighted by Gasteiger charge is -2.10. The second-order valence-electron chi connectivity index (χ2n) is 7.19. The van der Waals surface area contributed by atoms with Crippen molar-refractivity contribution in [2.24, 2.45) is 5.92 Å². The third-order valence-corrected chi connectivity index (χ3v) is 4.07. The van der Waals surface area contributed by atoms with Crippen molar-refractivity contribution in [1.82, 2.24) is 10.9 Å². The smallest absolute Gasteiger partial charge is 0.306 e. The summed E-state index contributed by atoms with van der Waals surface area (Å²) < 4.78 is 10.7. The number of nitrogens with one attached hydrogen (secondary N) is 2. The molecule has 0 aliphatic heterocycles. The molecule has 0 aliphatic carbocycles. The van der Waals surface area contributed by atoms with E-state index in [1.165, 1.54) is 0 Å². The molecule has 0 aliphatic rings. The van der Waals surface area contributed by atoms with Crippen molar-refractivity contribution in [3.05, 3.63) is 65.7 Å². The van der Waals surface area contributed by atoms with Gasteiger partial charge >= 0.3 is 5.97 Å². The van der Waals surface area contributed by atoms with Gasteiger partial charge in [0.1, 0.15) is 5.75 Å². The molecule has 0 unspecified atom stereocenters. The van der Waals surface area contributed by atoms with Crippen LogP contribution in [0.3, 0.4) is 0 Å². The highest BCUT2D eigenvalue weighted by molar-refractivity contribution is 5.95. The Morgan fingerprint density at radius 1 is 0.900 bits per heavy atom. The van der Waals surface area contributed by atoms with E-state index in [-0.39, 0.29) is 19.4 Å². The number of hydrogen-bond donors (Lipinski definition) is 2. The summed E-state index contributed by atoms with van der Waals surface area (Å²) >= 11 is 0. The molecule has 7 heteroatoms. The third kappa shape index (κ3) is 8.77. The van der Waals surface area contributed by atoms with Crippen molar-refractivity contribution in [2.45, 2.75) is 33.1 Å². The van der Waals surface area contributed by atoms with E-state index in [4.69, 9.17) is 9.47 Å². The Morgan fingerprint density at radius 3 is 2.27 bits per heavy atom. The van der Waals surface area contributed by atoms with E-state index in [1.54, 1.807) is 24.3 Å². The van der Waals surface area contributed by atoms with Crippen LogP contribution in [0.2, 0.25) is 0 Å². The number of ether oxygens (including phenoxy) is 2. The zero-order valence-electron chi connectivity index (χ0n) is 17.4. The number of hydrazine groups is 1. The van der Waals surface area contributed by atoms with Gasteiger partial charge < -0.3 is 9.47 Å². The van der Waals surface area contributed by atoms with Crippen LogP contribution in [0.4, 0.5) is 0 Å². The Morgan fingerprint density at radius 2 is 1.60 bits per heavy atom. The van der Waals surface area contributed by atoms with Crippen LogP contribution in [0.15, 0.2) is 54.6 Å². The van der Waals surface area contributed by atoms with Crippen molar-refractivity contribution in [1.29, 1.82) is 0 Å². The SMILES string of the molecule is CC(C)COc1ccc(C(=O)NNC(=O)CCC(=O)OCCc2ccccc2)cc1. The molecule has 2 amide bonds. The van der Waals surface area contributed by atoms with E-state index < -0.39 is 17.8 Å². The van der Waals surface area contributed by atoms with Crippen LogP contribution >= 0.6 is 0 Å². The molecule has 2 rings (SSSR count). The first-order chi connectivity index (χ1) is 14.4. The molecule has 0 saturated carbocycles. The number of hydrogen-bond acceptors (Lipinski definition) is 5. The lowest BCUT2D eigenvalue weighted by atomic mass is 10.2. The fourth-order valence-electron chi connectivity index (χ4n) is 2.44. The molecule has 2 aromatic rings. The highest BCUT2D eigenvalue weighted by Crippen LogP contribution is 2.13. The van der Waals surface area contributed by atoms with Gasteiger partial charge in [-0.1, -0.05) is 44.2 Å². The van der Waals surface area contributed by atoms with Gasteiger partial charge in [0.05, 0.1) is 19.6 Å². The first kappa shape index (κ1) is 22.9. The van der Waals surface area contributed by atoms with Crippen LogP contribution in [0.25, 0.3) is 0 Å². The van der Waals surface area contributed by atoms with Gasteiger partial charge in [-0.25, -0.2) is 0 Å². The van der Waals surface area contributed by atoms with Crippen molar-refractivity contribution in [3.63, 3.8) is 0 Å². The molecule has 0 fully saturated rings. The summed E-state index contributed by atoms with van der Waals surface area (Å²) in [5.41, 5.74) is 6.08. The molecule has 30 heavy (non-hydrogen) atoms. The van der Waals surface area contributed by atoms with Gasteiger partial charge in [-0.05, 0) is 35.7 Å². The molecular formula is C23H28N2O5. The quantitative estimate of drug-likeness (QED) is 0.462. The third-order valence-electron chi connectivity index (χ3n) is 4.07. The van der Waals surface area contributed by atoms with Crippen LogP contribution in [-0.2, 0) is 20.7 Å². The van der Waals surface area contributed by atoms with E-state index in [9.17, 15) is 14.4 Å². The normalized spacial score (nSPS) is 10.4. The summed E-state index contributed by atoms with van der Waals surface area (Å²) in [5, 5.41) is 0. The highest BCUT2D eigenvalue weighted by Gasteiger charge is 2.11. The van der Waals surface area contributed by atoms with E-state index >= 15 is 0 Å². The summed E-state index contributed by atoms with van der Waals surface area (Å²) in [6, 6.07) is 16.3. The van der Waals surface area contributed by atoms with E-state index in [0.717, 1.165) is 5.56 Å². The molecule has 2 aromatic carbocycles. The summed E-state index contributed by atoms with van der Waals surface area (Å²) in [6.07, 6.45) is 0.487.